The maximum Gasteiger partial charge on any atom is 0.180 e. The van der Waals surface area contributed by atoms with Crippen molar-refractivity contribution in [2.45, 2.75) is 19.4 Å². The first-order valence-corrected chi connectivity index (χ1v) is 4.47. The molecule has 1 aliphatic heterocycles. The molecule has 0 radical (unpaired) electrons. The Kier molecular flexibility index (Phi) is 1.56. The van der Waals surface area contributed by atoms with Crippen LogP contribution in [0.2, 0.25) is 0 Å². The third-order valence-corrected chi connectivity index (χ3v) is 2.65. The molecule has 0 bridgehead atoms. The van der Waals surface area contributed by atoms with Crippen LogP contribution in [0.25, 0.3) is 0 Å². The first-order valence-electron chi connectivity index (χ1n) is 2.83. The second-order valence-corrected chi connectivity index (χ2v) is 4.44. The Morgan fingerprint density at radius 1 is 1.60 bits per heavy atom. The van der Waals surface area contributed by atoms with Crippen LogP contribution in [0.4, 0.5) is 0 Å². The molecule has 2 N–H and O–H groups in total. The Morgan fingerprint density at radius 3 is 2.20 bits per heavy atom. The monoisotopic (exact) mass is 166 g/mol. The first-order chi connectivity index (χ1) is 4.33. The largest absolute Gasteiger partial charge is 0.308 e. The average Bonchev–Trinajstić information content (AvgIpc) is 1.73. The van der Waals surface area contributed by atoms with Crippen LogP contribution >= 0.6 is 10.9 Å². The van der Waals surface area contributed by atoms with E-state index in [2.05, 4.69) is 0 Å². The van der Waals surface area contributed by atoms with Gasteiger partial charge in [-0.1, -0.05) is 0 Å². The smallest absolute Gasteiger partial charge is 0.180 e. The van der Waals surface area contributed by atoms with E-state index in [4.69, 9.17) is 13.3 Å². The zero-order chi connectivity index (χ0) is 7.99. The van der Waals surface area contributed by atoms with E-state index >= 15 is 0 Å². The van der Waals surface area contributed by atoms with Gasteiger partial charge in [0.15, 0.2) is 5.78 Å². The van der Waals surface area contributed by atoms with E-state index in [9.17, 15) is 4.79 Å². The van der Waals surface area contributed by atoms with E-state index in [1.54, 1.807) is 0 Å². The topological polar surface area (TPSA) is 66.8 Å². The van der Waals surface area contributed by atoms with Gasteiger partial charge >= 0.3 is 0 Å². The highest BCUT2D eigenvalue weighted by atomic mass is 32.3. The van der Waals surface area contributed by atoms with Gasteiger partial charge in [0.1, 0.15) is 11.4 Å². The molecule has 0 spiro atoms. The maximum absolute atomic E-state index is 10.9. The van der Waals surface area contributed by atoms with Crippen molar-refractivity contribution in [3.05, 3.63) is 0 Å². The summed E-state index contributed by atoms with van der Waals surface area (Å²) in [5.41, 5.74) is -1.02. The van der Waals surface area contributed by atoms with Crippen LogP contribution in [-0.2, 0) is 8.98 Å². The van der Waals surface area contributed by atoms with Gasteiger partial charge in [-0.25, -0.2) is 0 Å². The lowest BCUT2D eigenvalue weighted by molar-refractivity contribution is -0.126. The third kappa shape index (κ3) is 1.32. The molecule has 1 heterocycles. The van der Waals surface area contributed by atoms with Crippen LogP contribution in [0.3, 0.4) is 0 Å². The summed E-state index contributed by atoms with van der Waals surface area (Å²) in [6.45, 7) is 3.05. The van der Waals surface area contributed by atoms with E-state index in [1.165, 1.54) is 13.8 Å². The molecule has 1 saturated heterocycles. The van der Waals surface area contributed by atoms with Gasteiger partial charge in [0.25, 0.3) is 0 Å². The Hall–Kier alpha value is -0.100. The quantitative estimate of drug-likeness (QED) is 0.564. The van der Waals surface area contributed by atoms with E-state index in [0.717, 1.165) is 0 Å². The fourth-order valence-corrected chi connectivity index (χ4v) is 2.26. The second-order valence-electron chi connectivity index (χ2n) is 2.77. The molecule has 1 rings (SSSR count). The molecule has 60 valence electrons. The lowest BCUT2D eigenvalue weighted by Crippen LogP contribution is -2.27. The summed E-state index contributed by atoms with van der Waals surface area (Å²) in [7, 11) is -3.05. The van der Waals surface area contributed by atoms with Gasteiger partial charge in [-0.15, -0.1) is 0 Å². The molecular formula is C5H10O4S. The molecule has 10 heavy (non-hydrogen) atoms. The summed E-state index contributed by atoms with van der Waals surface area (Å²) < 4.78 is 22.5. The summed E-state index contributed by atoms with van der Waals surface area (Å²) >= 11 is 0. The summed E-state index contributed by atoms with van der Waals surface area (Å²) in [6.07, 6.45) is 0. The minimum atomic E-state index is -3.05. The molecule has 4 nitrogen and oxygen atoms in total. The Morgan fingerprint density at radius 2 is 2.10 bits per heavy atom. The van der Waals surface area contributed by atoms with Gasteiger partial charge in [0.05, 0.1) is 10.9 Å². The number of carbonyl (C=O) groups excluding carboxylic acids is 1. The molecule has 0 amide bonds. The second kappa shape index (κ2) is 1.94. The molecular weight excluding hydrogens is 156 g/mol. The van der Waals surface area contributed by atoms with E-state index in [0.29, 0.717) is 0 Å². The lowest BCUT2D eigenvalue weighted by Gasteiger charge is -2.21. The van der Waals surface area contributed by atoms with Crippen molar-refractivity contribution in [1.82, 2.24) is 0 Å². The molecule has 0 aliphatic carbocycles. The van der Waals surface area contributed by atoms with Crippen LogP contribution in [0.15, 0.2) is 0 Å². The Balaban J connectivity index is 2.81. The molecule has 0 saturated carbocycles. The predicted molar refractivity (Wildman–Crippen MR) is 37.9 cm³/mol. The molecule has 0 unspecified atom stereocenters. The van der Waals surface area contributed by atoms with Gasteiger partial charge < -0.3 is 9.11 Å². The van der Waals surface area contributed by atoms with Crippen LogP contribution in [0, 0.1) is 0 Å². The van der Waals surface area contributed by atoms with Crippen molar-refractivity contribution in [2.24, 2.45) is 0 Å². The Bertz CT molecular complexity index is 174. The van der Waals surface area contributed by atoms with Gasteiger partial charge in [-0.2, -0.15) is 0 Å². The standard InChI is InChI=1S/C5H10O4S/c1-5(2)4(6)3-10(7,8)9-5/h7-8H,3H2,1-2H3. The van der Waals surface area contributed by atoms with Crippen LogP contribution in [0.5, 0.6) is 0 Å². The zero-order valence-corrected chi connectivity index (χ0v) is 6.64. The molecule has 5 heteroatoms. The third-order valence-electron chi connectivity index (χ3n) is 1.33. The number of rotatable bonds is 0. The molecule has 0 aromatic heterocycles. The van der Waals surface area contributed by atoms with Crippen molar-refractivity contribution in [3.8, 4) is 0 Å². The molecule has 1 fully saturated rings. The van der Waals surface area contributed by atoms with Crippen LogP contribution in [0.1, 0.15) is 13.8 Å². The highest BCUT2D eigenvalue weighted by Gasteiger charge is 2.45. The SMILES string of the molecule is CC1(C)OS(O)(O)CC1=O. The number of Topliss-reactive ketones (excluding diaryl/α,β-unsaturated/α-hetero) is 1. The van der Waals surface area contributed by atoms with Crippen molar-refractivity contribution in [1.29, 1.82) is 0 Å². The van der Waals surface area contributed by atoms with E-state index in [-0.39, 0.29) is 11.5 Å². The highest BCUT2D eigenvalue weighted by molar-refractivity contribution is 8.21. The van der Waals surface area contributed by atoms with Gasteiger partial charge in [-0.3, -0.25) is 8.98 Å². The molecule has 0 aromatic rings. The van der Waals surface area contributed by atoms with E-state index < -0.39 is 16.5 Å². The maximum atomic E-state index is 10.9. The van der Waals surface area contributed by atoms with Gasteiger partial charge in [0.2, 0.25) is 0 Å². The predicted octanol–water partition coefficient (Wildman–Crippen LogP) is 1.03. The molecule has 0 atom stereocenters. The van der Waals surface area contributed by atoms with E-state index in [1.807, 2.05) is 0 Å². The number of carbonyl (C=O) groups is 1. The summed E-state index contributed by atoms with van der Waals surface area (Å²) in [5, 5.41) is 0. The minimum absolute atomic E-state index is 0.257. The van der Waals surface area contributed by atoms with Crippen molar-refractivity contribution >= 4 is 16.7 Å². The normalized spacial score (nSPS) is 32.2. The van der Waals surface area contributed by atoms with Crippen LogP contribution < -0.4 is 0 Å². The molecule has 1 aliphatic rings. The van der Waals surface area contributed by atoms with Crippen molar-refractivity contribution in [3.63, 3.8) is 0 Å². The number of hydrogen-bond donors (Lipinski definition) is 2. The summed E-state index contributed by atoms with van der Waals surface area (Å²) in [5.74, 6) is -0.521. The number of ketones is 1. The van der Waals surface area contributed by atoms with Gasteiger partial charge in [0, 0.05) is 0 Å². The number of hydrogen-bond acceptors (Lipinski definition) is 4. The highest BCUT2D eigenvalue weighted by Crippen LogP contribution is 2.50. The fraction of sp³-hybridized carbons (Fsp3) is 0.800. The molecule has 0 aromatic carbocycles. The zero-order valence-electron chi connectivity index (χ0n) is 5.83. The van der Waals surface area contributed by atoms with Crippen molar-refractivity contribution < 1.29 is 18.1 Å². The Labute approximate surface area is 60.7 Å². The van der Waals surface area contributed by atoms with Crippen LogP contribution in [-0.4, -0.2) is 26.2 Å². The van der Waals surface area contributed by atoms with Gasteiger partial charge in [-0.05, 0) is 13.8 Å². The minimum Gasteiger partial charge on any atom is -0.308 e. The summed E-state index contributed by atoms with van der Waals surface area (Å²) in [4.78, 5) is 10.9. The summed E-state index contributed by atoms with van der Waals surface area (Å²) in [6, 6.07) is 0. The first kappa shape index (κ1) is 8.00. The van der Waals surface area contributed by atoms with Crippen molar-refractivity contribution in [2.75, 3.05) is 5.75 Å². The average molecular weight is 166 g/mol. The fourth-order valence-electron chi connectivity index (χ4n) is 0.754. The lowest BCUT2D eigenvalue weighted by atomic mass is 10.1.